The summed E-state index contributed by atoms with van der Waals surface area (Å²) >= 11 is 1.15. The number of carbonyl (C=O) groups excluding carboxylic acids is 3. The quantitative estimate of drug-likeness (QED) is 0.360. The van der Waals surface area contributed by atoms with Gasteiger partial charge in [0.05, 0.1) is 5.69 Å². The number of carbonyl (C=O) groups is 3. The number of rotatable bonds is 5. The highest BCUT2D eigenvalue weighted by Crippen LogP contribution is 2.26. The van der Waals surface area contributed by atoms with Gasteiger partial charge in [0.1, 0.15) is 5.25 Å². The van der Waals surface area contributed by atoms with E-state index >= 15 is 0 Å². The number of para-hydroxylation sites is 2. The van der Waals surface area contributed by atoms with Crippen LogP contribution < -0.4 is 15.4 Å². The van der Waals surface area contributed by atoms with Crippen LogP contribution in [-0.4, -0.2) is 33.9 Å². The van der Waals surface area contributed by atoms with Crippen molar-refractivity contribution in [3.8, 4) is 5.75 Å². The SMILES string of the molecule is CC(=O)Oc1ccccc1NC(=O)C[C@H]1S/C(=N/N=C(C)C)NC1=O. The summed E-state index contributed by atoms with van der Waals surface area (Å²) in [6.07, 6.45) is -0.0429. The molecule has 0 radical (unpaired) electrons. The number of nitrogens with zero attached hydrogens (tertiary/aromatic N) is 2. The average molecular weight is 362 g/mol. The van der Waals surface area contributed by atoms with Crippen molar-refractivity contribution in [2.45, 2.75) is 32.4 Å². The Bertz CT molecular complexity index is 756. The van der Waals surface area contributed by atoms with Crippen LogP contribution >= 0.6 is 11.8 Å². The van der Waals surface area contributed by atoms with Gasteiger partial charge in [0.25, 0.3) is 0 Å². The van der Waals surface area contributed by atoms with Gasteiger partial charge in [-0.05, 0) is 26.0 Å². The lowest BCUT2D eigenvalue weighted by molar-refractivity contribution is -0.132. The van der Waals surface area contributed by atoms with Gasteiger partial charge in [0, 0.05) is 19.1 Å². The molecule has 9 heteroatoms. The maximum Gasteiger partial charge on any atom is 0.308 e. The lowest BCUT2D eigenvalue weighted by atomic mass is 10.2. The minimum absolute atomic E-state index is 0.0429. The first-order chi connectivity index (χ1) is 11.8. The fourth-order valence-corrected chi connectivity index (χ4v) is 2.83. The number of thioether (sulfide) groups is 1. The number of amides is 2. The molecular weight excluding hydrogens is 344 g/mol. The van der Waals surface area contributed by atoms with Gasteiger partial charge in [-0.15, -0.1) is 5.10 Å². The van der Waals surface area contributed by atoms with Crippen LogP contribution in [0.4, 0.5) is 5.69 Å². The zero-order valence-electron chi connectivity index (χ0n) is 14.0. The fraction of sp³-hybridized carbons (Fsp3) is 0.312. The molecule has 0 spiro atoms. The first-order valence-electron chi connectivity index (χ1n) is 7.49. The predicted molar refractivity (Wildman–Crippen MR) is 96.7 cm³/mol. The maximum atomic E-state index is 12.2. The molecule has 0 aromatic heterocycles. The molecule has 1 aromatic carbocycles. The molecule has 0 unspecified atom stereocenters. The van der Waals surface area contributed by atoms with E-state index in [-0.39, 0.29) is 24.0 Å². The molecule has 1 atom stereocenters. The van der Waals surface area contributed by atoms with Crippen LogP contribution in [0.5, 0.6) is 5.75 Å². The summed E-state index contributed by atoms with van der Waals surface area (Å²) in [5.41, 5.74) is 1.12. The van der Waals surface area contributed by atoms with E-state index in [0.717, 1.165) is 17.5 Å². The Morgan fingerprint density at radius 2 is 2.00 bits per heavy atom. The summed E-state index contributed by atoms with van der Waals surface area (Å²) in [7, 11) is 0. The highest BCUT2D eigenvalue weighted by atomic mass is 32.2. The second kappa shape index (κ2) is 8.43. The van der Waals surface area contributed by atoms with E-state index in [1.165, 1.54) is 6.92 Å². The summed E-state index contributed by atoms with van der Waals surface area (Å²) in [6, 6.07) is 6.58. The van der Waals surface area contributed by atoms with E-state index in [1.807, 2.05) is 0 Å². The van der Waals surface area contributed by atoms with Crippen molar-refractivity contribution < 1.29 is 19.1 Å². The zero-order chi connectivity index (χ0) is 18.4. The topological polar surface area (TPSA) is 109 Å². The first kappa shape index (κ1) is 18.7. The molecule has 2 rings (SSSR count). The van der Waals surface area contributed by atoms with Crippen LogP contribution in [0.25, 0.3) is 0 Å². The Labute approximate surface area is 149 Å². The minimum atomic E-state index is -0.591. The van der Waals surface area contributed by atoms with Crippen LogP contribution in [0, 0.1) is 0 Å². The summed E-state index contributed by atoms with van der Waals surface area (Å²) in [6.45, 7) is 4.85. The van der Waals surface area contributed by atoms with Crippen molar-refractivity contribution in [3.63, 3.8) is 0 Å². The number of anilines is 1. The molecule has 1 aromatic rings. The number of ether oxygens (including phenoxy) is 1. The van der Waals surface area contributed by atoms with E-state index in [4.69, 9.17) is 4.74 Å². The number of amidine groups is 1. The van der Waals surface area contributed by atoms with Crippen LogP contribution in [0.3, 0.4) is 0 Å². The van der Waals surface area contributed by atoms with Crippen LogP contribution in [0.2, 0.25) is 0 Å². The van der Waals surface area contributed by atoms with E-state index < -0.39 is 11.2 Å². The van der Waals surface area contributed by atoms with Gasteiger partial charge in [-0.25, -0.2) is 0 Å². The zero-order valence-corrected chi connectivity index (χ0v) is 14.8. The van der Waals surface area contributed by atoms with Gasteiger partial charge in [-0.1, -0.05) is 23.9 Å². The third kappa shape index (κ3) is 5.71. The Morgan fingerprint density at radius 3 is 2.68 bits per heavy atom. The predicted octanol–water partition coefficient (Wildman–Crippen LogP) is 1.92. The third-order valence-electron chi connectivity index (χ3n) is 2.90. The number of nitrogens with one attached hydrogen (secondary N) is 2. The van der Waals surface area contributed by atoms with Crippen molar-refractivity contribution >= 4 is 46.1 Å². The largest absolute Gasteiger partial charge is 0.424 e. The molecule has 1 aliphatic rings. The van der Waals surface area contributed by atoms with Crippen molar-refractivity contribution in [2.75, 3.05) is 5.32 Å². The smallest absolute Gasteiger partial charge is 0.308 e. The molecule has 1 saturated heterocycles. The third-order valence-corrected chi connectivity index (χ3v) is 3.98. The summed E-state index contributed by atoms with van der Waals surface area (Å²) in [5, 5.41) is 12.8. The summed E-state index contributed by atoms with van der Waals surface area (Å²) in [5.74, 6) is -0.901. The molecule has 2 N–H and O–H groups in total. The van der Waals surface area contributed by atoms with Gasteiger partial charge in [-0.2, -0.15) is 5.10 Å². The molecule has 0 aliphatic carbocycles. The van der Waals surface area contributed by atoms with E-state index in [2.05, 4.69) is 20.8 Å². The van der Waals surface area contributed by atoms with Crippen molar-refractivity contribution in [1.82, 2.24) is 5.32 Å². The fourth-order valence-electron chi connectivity index (χ4n) is 1.92. The second-order valence-electron chi connectivity index (χ2n) is 5.39. The highest BCUT2D eigenvalue weighted by molar-refractivity contribution is 8.15. The van der Waals surface area contributed by atoms with Crippen molar-refractivity contribution in [1.29, 1.82) is 0 Å². The van der Waals surface area contributed by atoms with E-state index in [1.54, 1.807) is 38.1 Å². The Hall–Kier alpha value is -2.68. The molecule has 1 fully saturated rings. The molecule has 1 aliphatic heterocycles. The van der Waals surface area contributed by atoms with Gasteiger partial charge in [0.15, 0.2) is 10.9 Å². The van der Waals surface area contributed by atoms with Gasteiger partial charge < -0.3 is 15.4 Å². The normalized spacial score (nSPS) is 17.8. The Balaban J connectivity index is 1.99. The molecule has 2 amide bonds. The lowest BCUT2D eigenvalue weighted by Gasteiger charge is -2.11. The molecule has 0 bridgehead atoms. The number of benzene rings is 1. The molecule has 0 saturated carbocycles. The van der Waals surface area contributed by atoms with Gasteiger partial charge >= 0.3 is 5.97 Å². The maximum absolute atomic E-state index is 12.2. The van der Waals surface area contributed by atoms with Crippen molar-refractivity contribution in [3.05, 3.63) is 24.3 Å². The van der Waals surface area contributed by atoms with Gasteiger partial charge in [-0.3, -0.25) is 14.4 Å². The number of esters is 1. The molecule has 132 valence electrons. The highest BCUT2D eigenvalue weighted by Gasteiger charge is 2.32. The lowest BCUT2D eigenvalue weighted by Crippen LogP contribution is -2.28. The number of hydrogen-bond donors (Lipinski definition) is 2. The average Bonchev–Trinajstić information content (AvgIpc) is 2.87. The summed E-state index contributed by atoms with van der Waals surface area (Å²) in [4.78, 5) is 35.2. The Morgan fingerprint density at radius 1 is 1.28 bits per heavy atom. The number of hydrogen-bond acceptors (Lipinski definition) is 7. The molecule has 1 heterocycles. The van der Waals surface area contributed by atoms with Crippen molar-refractivity contribution in [2.24, 2.45) is 10.2 Å². The van der Waals surface area contributed by atoms with Crippen LogP contribution in [-0.2, 0) is 14.4 Å². The summed E-state index contributed by atoms with van der Waals surface area (Å²) < 4.78 is 5.04. The molecular formula is C16H18N4O4S. The first-order valence-corrected chi connectivity index (χ1v) is 8.37. The molecule has 8 nitrogen and oxygen atoms in total. The standard InChI is InChI=1S/C16H18N4O4S/c1-9(2)19-20-16-18-15(23)13(25-16)8-14(22)17-11-6-4-5-7-12(11)24-10(3)21/h4-7,13H,8H2,1-3H3,(H,17,22)(H,18,20,23)/t13-/m1/s1. The Kier molecular flexibility index (Phi) is 6.29. The van der Waals surface area contributed by atoms with Crippen LogP contribution in [0.15, 0.2) is 34.5 Å². The minimum Gasteiger partial charge on any atom is -0.424 e. The second-order valence-corrected chi connectivity index (χ2v) is 6.58. The monoisotopic (exact) mass is 362 g/mol. The molecule has 25 heavy (non-hydrogen) atoms. The van der Waals surface area contributed by atoms with Crippen LogP contribution in [0.1, 0.15) is 27.2 Å². The van der Waals surface area contributed by atoms with E-state index in [0.29, 0.717) is 10.9 Å². The van der Waals surface area contributed by atoms with E-state index in [9.17, 15) is 14.4 Å². The van der Waals surface area contributed by atoms with Gasteiger partial charge in [0.2, 0.25) is 11.8 Å².